The largest absolute Gasteiger partial charge is 0.475 e. The summed E-state index contributed by atoms with van der Waals surface area (Å²) in [6.07, 6.45) is 7.97. The number of amides is 1. The predicted octanol–water partition coefficient (Wildman–Crippen LogP) is 5.58. The third kappa shape index (κ3) is 4.77. The van der Waals surface area contributed by atoms with Gasteiger partial charge in [0.15, 0.2) is 5.69 Å². The van der Waals surface area contributed by atoms with E-state index in [1.54, 1.807) is 0 Å². The topological polar surface area (TPSA) is 69.5 Å². The number of hydrogen-bond donors (Lipinski definition) is 0. The Bertz CT molecular complexity index is 1260. The quantitative estimate of drug-likeness (QED) is 0.331. The molecule has 10 heteroatoms. The van der Waals surface area contributed by atoms with Crippen LogP contribution in [0.5, 0.6) is 5.88 Å². The standard InChI is InChI=1S/C28H31F3N4O3/c1-3-5-6-7-19(4-2)24-22-17-37-15-14-34(22)33-25(24)26(36)35-21-10-12-27(35,13-11-21)18-38-23-9-8-20(16-32-23)28(29,30)31/h3-4,6-9,16,21H,1,5,10-15,17-18H2,2H3/b7-6-,19-4+. The lowest BCUT2D eigenvalue weighted by molar-refractivity contribution is -0.137. The number of hydrogen-bond acceptors (Lipinski definition) is 5. The second-order valence-corrected chi connectivity index (χ2v) is 9.92. The first-order chi connectivity index (χ1) is 18.3. The number of nitrogens with zero attached hydrogens (tertiary/aromatic N) is 4. The van der Waals surface area contributed by atoms with Crippen molar-refractivity contribution in [3.05, 3.63) is 71.7 Å². The van der Waals surface area contributed by atoms with Crippen molar-refractivity contribution in [1.29, 1.82) is 0 Å². The van der Waals surface area contributed by atoms with Gasteiger partial charge in [-0.15, -0.1) is 6.58 Å². The molecule has 2 bridgehead atoms. The van der Waals surface area contributed by atoms with Crippen LogP contribution in [0.25, 0.3) is 5.57 Å². The molecule has 0 aliphatic carbocycles. The maximum Gasteiger partial charge on any atom is 0.417 e. The molecule has 2 aromatic rings. The van der Waals surface area contributed by atoms with Crippen LogP contribution in [0.2, 0.25) is 0 Å². The highest BCUT2D eigenvalue weighted by atomic mass is 19.4. The first-order valence-electron chi connectivity index (χ1n) is 12.9. The third-order valence-corrected chi connectivity index (χ3v) is 7.68. The summed E-state index contributed by atoms with van der Waals surface area (Å²) in [5.74, 6) is -0.0451. The molecule has 0 radical (unpaired) electrons. The van der Waals surface area contributed by atoms with E-state index in [0.717, 1.165) is 54.8 Å². The van der Waals surface area contributed by atoms with E-state index in [2.05, 4.69) is 11.6 Å². The Balaban J connectivity index is 1.43. The van der Waals surface area contributed by atoms with E-state index in [4.69, 9.17) is 14.6 Å². The number of carbonyl (C=O) groups excluding carboxylic acids is 1. The number of rotatable bonds is 8. The molecule has 3 aliphatic heterocycles. The average Bonchev–Trinajstić information content (AvgIpc) is 3.59. The molecule has 0 atom stereocenters. The number of halogens is 3. The van der Waals surface area contributed by atoms with E-state index in [1.165, 1.54) is 6.07 Å². The highest BCUT2D eigenvalue weighted by Crippen LogP contribution is 2.48. The van der Waals surface area contributed by atoms with Gasteiger partial charge in [0.05, 0.1) is 36.6 Å². The van der Waals surface area contributed by atoms with Crippen LogP contribution in [-0.4, -0.2) is 50.4 Å². The Kier molecular flexibility index (Phi) is 7.17. The smallest absolute Gasteiger partial charge is 0.417 e. The van der Waals surface area contributed by atoms with E-state index in [9.17, 15) is 18.0 Å². The van der Waals surface area contributed by atoms with Crippen molar-refractivity contribution in [2.45, 2.75) is 69.9 Å². The number of alkyl halides is 3. The number of allylic oxidation sites excluding steroid dienone is 5. The maximum atomic E-state index is 14.2. The van der Waals surface area contributed by atoms with Gasteiger partial charge in [-0.1, -0.05) is 24.3 Å². The van der Waals surface area contributed by atoms with Crippen molar-refractivity contribution >= 4 is 11.5 Å². The van der Waals surface area contributed by atoms with E-state index in [-0.39, 0.29) is 24.4 Å². The van der Waals surface area contributed by atoms with Gasteiger partial charge in [0.25, 0.3) is 5.91 Å². The van der Waals surface area contributed by atoms with Crippen molar-refractivity contribution in [2.75, 3.05) is 13.2 Å². The first-order valence-corrected chi connectivity index (χ1v) is 12.9. The van der Waals surface area contributed by atoms with Gasteiger partial charge in [0, 0.05) is 23.9 Å². The molecule has 0 N–H and O–H groups in total. The van der Waals surface area contributed by atoms with Gasteiger partial charge in [-0.05, 0) is 50.7 Å². The second kappa shape index (κ2) is 10.4. The van der Waals surface area contributed by atoms with Gasteiger partial charge >= 0.3 is 6.18 Å². The molecule has 38 heavy (non-hydrogen) atoms. The zero-order valence-corrected chi connectivity index (χ0v) is 21.3. The van der Waals surface area contributed by atoms with Crippen molar-refractivity contribution in [3.63, 3.8) is 0 Å². The normalized spacial score (nSPS) is 23.2. The third-order valence-electron chi connectivity index (χ3n) is 7.68. The summed E-state index contributed by atoms with van der Waals surface area (Å²) in [6.45, 7) is 7.34. The Labute approximate surface area is 219 Å². The molecule has 2 aromatic heterocycles. The van der Waals surface area contributed by atoms with Crippen molar-refractivity contribution in [3.8, 4) is 5.88 Å². The van der Waals surface area contributed by atoms with Crippen LogP contribution < -0.4 is 4.74 Å². The SMILES string of the molecule is C=CC/C=C\C(=C/C)c1c(C(=O)N2C3CCC2(COc2ccc(C(F)(F)F)cn2)CC3)nn2c1COCC2. The molecule has 0 unspecified atom stereocenters. The Morgan fingerprint density at radius 1 is 1.32 bits per heavy atom. The monoisotopic (exact) mass is 528 g/mol. The summed E-state index contributed by atoms with van der Waals surface area (Å²) in [6, 6.07) is 2.25. The van der Waals surface area contributed by atoms with Gasteiger partial charge in [-0.2, -0.15) is 18.3 Å². The zero-order valence-electron chi connectivity index (χ0n) is 21.3. The number of pyridine rings is 1. The molecule has 5 rings (SSSR count). The lowest BCUT2D eigenvalue weighted by Crippen LogP contribution is -2.49. The fourth-order valence-corrected chi connectivity index (χ4v) is 5.79. The fraction of sp³-hybridized carbons (Fsp3) is 0.464. The highest BCUT2D eigenvalue weighted by Gasteiger charge is 2.55. The highest BCUT2D eigenvalue weighted by molar-refractivity contribution is 6.00. The Morgan fingerprint density at radius 3 is 2.76 bits per heavy atom. The summed E-state index contributed by atoms with van der Waals surface area (Å²) >= 11 is 0. The molecule has 2 fully saturated rings. The van der Waals surface area contributed by atoms with Crippen LogP contribution in [0, 0.1) is 0 Å². The minimum absolute atomic E-state index is 0.0693. The summed E-state index contributed by atoms with van der Waals surface area (Å²) in [5, 5.41) is 4.76. The predicted molar refractivity (Wildman–Crippen MR) is 135 cm³/mol. The van der Waals surface area contributed by atoms with Gasteiger partial charge in [0.2, 0.25) is 5.88 Å². The first kappa shape index (κ1) is 26.2. The zero-order chi connectivity index (χ0) is 26.9. The van der Waals surface area contributed by atoms with E-state index < -0.39 is 17.3 Å². The molecule has 0 aromatic carbocycles. The van der Waals surface area contributed by atoms with Crippen molar-refractivity contribution < 1.29 is 27.4 Å². The van der Waals surface area contributed by atoms with Crippen molar-refractivity contribution in [2.24, 2.45) is 0 Å². The number of ether oxygens (including phenoxy) is 2. The van der Waals surface area contributed by atoms with E-state index >= 15 is 0 Å². The molecule has 202 valence electrons. The maximum absolute atomic E-state index is 14.2. The molecular weight excluding hydrogens is 497 g/mol. The van der Waals surface area contributed by atoms with Gasteiger partial charge in [-0.25, -0.2) is 4.98 Å². The summed E-state index contributed by atoms with van der Waals surface area (Å²) in [5.41, 5.74) is 1.56. The molecule has 2 saturated heterocycles. The van der Waals surface area contributed by atoms with Gasteiger partial charge < -0.3 is 14.4 Å². The van der Waals surface area contributed by atoms with Crippen molar-refractivity contribution in [1.82, 2.24) is 19.7 Å². The Hall–Kier alpha value is -3.40. The molecule has 0 saturated carbocycles. The van der Waals surface area contributed by atoms with E-state index in [0.29, 0.717) is 31.9 Å². The fourth-order valence-electron chi connectivity index (χ4n) is 5.79. The second-order valence-electron chi connectivity index (χ2n) is 9.92. The summed E-state index contributed by atoms with van der Waals surface area (Å²) < 4.78 is 52.2. The number of fused-ring (bicyclic) bond motifs is 3. The van der Waals surface area contributed by atoms with Crippen LogP contribution in [0.1, 0.15) is 66.3 Å². The Morgan fingerprint density at radius 2 is 2.11 bits per heavy atom. The lowest BCUT2D eigenvalue weighted by Gasteiger charge is -2.34. The summed E-state index contributed by atoms with van der Waals surface area (Å²) in [7, 11) is 0. The number of aromatic nitrogens is 3. The minimum Gasteiger partial charge on any atom is -0.475 e. The average molecular weight is 529 g/mol. The van der Waals surface area contributed by atoms with Crippen LogP contribution in [0.4, 0.5) is 13.2 Å². The minimum atomic E-state index is -4.46. The molecule has 1 amide bonds. The van der Waals surface area contributed by atoms with Crippen LogP contribution >= 0.6 is 0 Å². The molecule has 0 spiro atoms. The van der Waals surface area contributed by atoms with Crippen LogP contribution in [-0.2, 0) is 24.1 Å². The van der Waals surface area contributed by atoms with Crippen LogP contribution in [0.15, 0.2) is 49.2 Å². The van der Waals surface area contributed by atoms with Gasteiger partial charge in [-0.3, -0.25) is 9.48 Å². The lowest BCUT2D eigenvalue weighted by atomic mass is 9.88. The molecular formula is C28H31F3N4O3. The molecule has 7 nitrogen and oxygen atoms in total. The van der Waals surface area contributed by atoms with Gasteiger partial charge in [0.1, 0.15) is 6.61 Å². The van der Waals surface area contributed by atoms with Crippen LogP contribution in [0.3, 0.4) is 0 Å². The molecule has 3 aliphatic rings. The number of carbonyl (C=O) groups is 1. The van der Waals surface area contributed by atoms with E-state index in [1.807, 2.05) is 40.8 Å². The summed E-state index contributed by atoms with van der Waals surface area (Å²) in [4.78, 5) is 20.0. The molecule has 5 heterocycles.